The van der Waals surface area contributed by atoms with Crippen molar-refractivity contribution in [3.63, 3.8) is 0 Å². The molecule has 0 fully saturated rings. The van der Waals surface area contributed by atoms with Gasteiger partial charge in [-0.3, -0.25) is 4.79 Å². The van der Waals surface area contributed by atoms with Crippen molar-refractivity contribution in [1.82, 2.24) is 4.90 Å². The van der Waals surface area contributed by atoms with E-state index < -0.39 is 12.0 Å². The molecule has 21 heavy (non-hydrogen) atoms. The number of fused-ring (bicyclic) bond motifs is 1. The monoisotopic (exact) mass is 285 g/mol. The van der Waals surface area contributed by atoms with Crippen LogP contribution in [0.3, 0.4) is 0 Å². The molecule has 0 spiro atoms. The molecule has 2 heterocycles. The number of carboxylic acid groups (broad SMARTS) is 1. The number of aliphatic carboxylic acids is 1. The molecule has 1 amide bonds. The zero-order valence-corrected chi connectivity index (χ0v) is 11.6. The average Bonchev–Trinajstić information content (AvgIpc) is 2.91. The van der Waals surface area contributed by atoms with Gasteiger partial charge >= 0.3 is 5.97 Å². The van der Waals surface area contributed by atoms with Crippen LogP contribution in [-0.2, 0) is 17.8 Å². The molecule has 0 radical (unpaired) electrons. The summed E-state index contributed by atoms with van der Waals surface area (Å²) in [7, 11) is 0. The van der Waals surface area contributed by atoms with Gasteiger partial charge in [0.1, 0.15) is 11.8 Å². The summed E-state index contributed by atoms with van der Waals surface area (Å²) in [6.07, 6.45) is 0.316. The fourth-order valence-electron chi connectivity index (χ4n) is 2.65. The largest absolute Gasteiger partial charge is 0.480 e. The van der Waals surface area contributed by atoms with E-state index in [1.54, 1.807) is 19.1 Å². The van der Waals surface area contributed by atoms with Crippen molar-refractivity contribution >= 4 is 11.9 Å². The van der Waals surface area contributed by atoms with E-state index in [1.807, 2.05) is 24.3 Å². The molecule has 3 rings (SSSR count). The van der Waals surface area contributed by atoms with E-state index in [9.17, 15) is 14.7 Å². The summed E-state index contributed by atoms with van der Waals surface area (Å²) >= 11 is 0. The lowest BCUT2D eigenvalue weighted by atomic mass is 9.94. The van der Waals surface area contributed by atoms with E-state index in [4.69, 9.17) is 4.42 Å². The van der Waals surface area contributed by atoms with Gasteiger partial charge in [0.15, 0.2) is 5.76 Å². The van der Waals surface area contributed by atoms with Crippen LogP contribution in [-0.4, -0.2) is 27.9 Å². The smallest absolute Gasteiger partial charge is 0.326 e. The van der Waals surface area contributed by atoms with E-state index in [2.05, 4.69) is 0 Å². The van der Waals surface area contributed by atoms with Crippen molar-refractivity contribution in [2.45, 2.75) is 25.9 Å². The fourth-order valence-corrected chi connectivity index (χ4v) is 2.65. The molecule has 1 aliphatic rings. The van der Waals surface area contributed by atoms with E-state index in [0.29, 0.717) is 12.2 Å². The number of amides is 1. The van der Waals surface area contributed by atoms with Gasteiger partial charge in [-0.05, 0) is 30.2 Å². The van der Waals surface area contributed by atoms with Crippen molar-refractivity contribution in [1.29, 1.82) is 0 Å². The first kappa shape index (κ1) is 13.4. The summed E-state index contributed by atoms with van der Waals surface area (Å²) in [6.45, 7) is 2.03. The van der Waals surface area contributed by atoms with Crippen LogP contribution >= 0.6 is 0 Å². The van der Waals surface area contributed by atoms with Gasteiger partial charge in [-0.25, -0.2) is 4.79 Å². The highest BCUT2D eigenvalue weighted by molar-refractivity contribution is 5.94. The van der Waals surface area contributed by atoms with Gasteiger partial charge in [0.05, 0.1) is 0 Å². The molecule has 1 aromatic carbocycles. The third-order valence-corrected chi connectivity index (χ3v) is 3.75. The lowest BCUT2D eigenvalue weighted by molar-refractivity contribution is -0.142. The summed E-state index contributed by atoms with van der Waals surface area (Å²) in [5, 5.41) is 9.41. The Hall–Kier alpha value is -2.56. The number of carbonyl (C=O) groups excluding carboxylic acids is 1. The molecule has 5 nitrogen and oxygen atoms in total. The number of carboxylic acids is 1. The van der Waals surface area contributed by atoms with Crippen LogP contribution in [0, 0.1) is 6.92 Å². The molecule has 0 saturated carbocycles. The molecule has 0 bridgehead atoms. The number of carbonyl (C=O) groups is 2. The first-order valence-electron chi connectivity index (χ1n) is 6.73. The lowest BCUT2D eigenvalue weighted by Gasteiger charge is -2.33. The van der Waals surface area contributed by atoms with E-state index in [1.165, 1.54) is 4.90 Å². The SMILES string of the molecule is Cc1ccc(C(=O)N2Cc3ccccc3CC2C(=O)O)o1. The second-order valence-corrected chi connectivity index (χ2v) is 5.17. The van der Waals surface area contributed by atoms with Gasteiger partial charge < -0.3 is 14.4 Å². The molecule has 1 aliphatic heterocycles. The first-order chi connectivity index (χ1) is 10.1. The van der Waals surface area contributed by atoms with Gasteiger partial charge in [0.25, 0.3) is 5.91 Å². The Kier molecular flexibility index (Phi) is 3.25. The molecule has 2 aromatic rings. The summed E-state index contributed by atoms with van der Waals surface area (Å²) < 4.78 is 5.33. The highest BCUT2D eigenvalue weighted by atomic mass is 16.4. The number of benzene rings is 1. The van der Waals surface area contributed by atoms with Crippen molar-refractivity contribution < 1.29 is 19.1 Å². The molecule has 1 atom stereocenters. The van der Waals surface area contributed by atoms with E-state index >= 15 is 0 Å². The zero-order chi connectivity index (χ0) is 15.0. The van der Waals surface area contributed by atoms with Gasteiger partial charge in [-0.2, -0.15) is 0 Å². The fraction of sp³-hybridized carbons (Fsp3) is 0.250. The summed E-state index contributed by atoms with van der Waals surface area (Å²) in [6, 6.07) is 10.0. The van der Waals surface area contributed by atoms with Gasteiger partial charge in [0.2, 0.25) is 0 Å². The predicted octanol–water partition coefficient (Wildman–Crippen LogP) is 2.24. The third-order valence-electron chi connectivity index (χ3n) is 3.75. The molecule has 1 N–H and O–H groups in total. The zero-order valence-electron chi connectivity index (χ0n) is 11.6. The highest BCUT2D eigenvalue weighted by Crippen LogP contribution is 2.25. The van der Waals surface area contributed by atoms with Crippen LogP contribution < -0.4 is 0 Å². The van der Waals surface area contributed by atoms with Crippen molar-refractivity contribution in [3.8, 4) is 0 Å². The first-order valence-corrected chi connectivity index (χ1v) is 6.73. The molecule has 1 unspecified atom stereocenters. The summed E-state index contributed by atoms with van der Waals surface area (Å²) in [4.78, 5) is 25.4. The Balaban J connectivity index is 1.96. The normalized spacial score (nSPS) is 17.4. The van der Waals surface area contributed by atoms with Gasteiger partial charge in [0, 0.05) is 13.0 Å². The lowest BCUT2D eigenvalue weighted by Crippen LogP contribution is -2.48. The molecular weight excluding hydrogens is 270 g/mol. The Morgan fingerprint density at radius 3 is 2.52 bits per heavy atom. The van der Waals surface area contributed by atoms with Crippen LogP contribution in [0.5, 0.6) is 0 Å². The molecule has 0 saturated heterocycles. The molecule has 5 heteroatoms. The van der Waals surface area contributed by atoms with Gasteiger partial charge in [-0.15, -0.1) is 0 Å². The predicted molar refractivity (Wildman–Crippen MR) is 74.9 cm³/mol. The topological polar surface area (TPSA) is 70.8 Å². The van der Waals surface area contributed by atoms with Gasteiger partial charge in [-0.1, -0.05) is 24.3 Å². The van der Waals surface area contributed by atoms with Crippen molar-refractivity contribution in [2.24, 2.45) is 0 Å². The molecule has 0 aliphatic carbocycles. The molecule has 1 aromatic heterocycles. The van der Waals surface area contributed by atoms with E-state index in [0.717, 1.165) is 11.1 Å². The summed E-state index contributed by atoms with van der Waals surface area (Å²) in [5.41, 5.74) is 1.95. The Labute approximate surface area is 121 Å². The minimum absolute atomic E-state index is 0.179. The maximum absolute atomic E-state index is 12.5. The number of hydrogen-bond acceptors (Lipinski definition) is 3. The number of rotatable bonds is 2. The van der Waals surface area contributed by atoms with E-state index in [-0.39, 0.29) is 18.2 Å². The summed E-state index contributed by atoms with van der Waals surface area (Å²) in [5.74, 6) is -0.577. The third kappa shape index (κ3) is 2.42. The minimum atomic E-state index is -0.999. The van der Waals surface area contributed by atoms with Crippen LogP contribution in [0.25, 0.3) is 0 Å². The van der Waals surface area contributed by atoms with Crippen LogP contribution in [0.15, 0.2) is 40.8 Å². The Morgan fingerprint density at radius 2 is 1.90 bits per heavy atom. The van der Waals surface area contributed by atoms with Crippen molar-refractivity contribution in [3.05, 3.63) is 59.0 Å². The number of furan rings is 1. The Bertz CT molecular complexity index is 704. The maximum atomic E-state index is 12.5. The quantitative estimate of drug-likeness (QED) is 0.918. The van der Waals surface area contributed by atoms with Crippen LogP contribution in [0.1, 0.15) is 27.4 Å². The number of aryl methyl sites for hydroxylation is 1. The average molecular weight is 285 g/mol. The van der Waals surface area contributed by atoms with Crippen LogP contribution in [0.4, 0.5) is 0 Å². The second-order valence-electron chi connectivity index (χ2n) is 5.17. The van der Waals surface area contributed by atoms with Crippen molar-refractivity contribution in [2.75, 3.05) is 0 Å². The standard InChI is InChI=1S/C16H15NO4/c1-10-6-7-14(21-10)15(18)17-9-12-5-3-2-4-11(12)8-13(17)16(19)20/h2-7,13H,8-9H2,1H3,(H,19,20). The van der Waals surface area contributed by atoms with Crippen LogP contribution in [0.2, 0.25) is 0 Å². The number of hydrogen-bond donors (Lipinski definition) is 1. The Morgan fingerprint density at radius 1 is 1.19 bits per heavy atom. The maximum Gasteiger partial charge on any atom is 0.326 e. The minimum Gasteiger partial charge on any atom is -0.480 e. The molecule has 108 valence electrons. The second kappa shape index (κ2) is 5.09. The molecular formula is C16H15NO4. The highest BCUT2D eigenvalue weighted by Gasteiger charge is 2.35. The number of nitrogens with zero attached hydrogens (tertiary/aromatic N) is 1.